The Morgan fingerprint density at radius 1 is 0.875 bits per heavy atom. The molecular formula is C23H47N2O5Si2. The van der Waals surface area contributed by atoms with Crippen LogP contribution in [0, 0.1) is 0 Å². The van der Waals surface area contributed by atoms with Crippen LogP contribution in [0.2, 0.25) is 6.04 Å². The van der Waals surface area contributed by atoms with Gasteiger partial charge in [0.05, 0.1) is 0 Å². The molecule has 0 bridgehead atoms. The Kier molecular flexibility index (Phi) is 19.4. The van der Waals surface area contributed by atoms with Crippen LogP contribution in [0.1, 0.15) is 66.0 Å². The van der Waals surface area contributed by atoms with Crippen LogP contribution in [-0.4, -0.2) is 64.7 Å². The predicted octanol–water partition coefficient (Wildman–Crippen LogP) is 3.51. The van der Waals surface area contributed by atoms with Crippen LogP contribution < -0.4 is 16.2 Å². The van der Waals surface area contributed by atoms with Crippen molar-refractivity contribution in [2.24, 2.45) is 5.73 Å². The summed E-state index contributed by atoms with van der Waals surface area (Å²) in [5, 5.41) is 4.27. The van der Waals surface area contributed by atoms with Crippen LogP contribution in [0.4, 0.5) is 0 Å². The van der Waals surface area contributed by atoms with E-state index in [1.54, 1.807) is 0 Å². The molecule has 7 nitrogen and oxygen atoms in total. The summed E-state index contributed by atoms with van der Waals surface area (Å²) >= 11 is 0. The van der Waals surface area contributed by atoms with Crippen molar-refractivity contribution in [3.63, 3.8) is 0 Å². The number of hydrogen-bond acceptors (Lipinski definition) is 7. The van der Waals surface area contributed by atoms with Gasteiger partial charge in [0.1, 0.15) is 0 Å². The highest BCUT2D eigenvalue weighted by molar-refractivity contribution is 6.62. The minimum absolute atomic E-state index is 0.0621. The van der Waals surface area contributed by atoms with Gasteiger partial charge in [0.25, 0.3) is 0 Å². The Labute approximate surface area is 199 Å². The first-order chi connectivity index (χ1) is 15.5. The van der Waals surface area contributed by atoms with E-state index in [4.69, 9.17) is 27.9 Å². The molecule has 9 heteroatoms. The van der Waals surface area contributed by atoms with Crippen LogP contribution in [0.25, 0.3) is 0 Å². The lowest BCUT2D eigenvalue weighted by Crippen LogP contribution is -2.46. The van der Waals surface area contributed by atoms with E-state index < -0.39 is 18.1 Å². The van der Waals surface area contributed by atoms with E-state index in [-0.39, 0.29) is 6.04 Å². The molecule has 1 rings (SSSR count). The molecule has 0 saturated heterocycles. The van der Waals surface area contributed by atoms with Gasteiger partial charge in [-0.1, -0.05) is 31.2 Å². The van der Waals surface area contributed by atoms with Gasteiger partial charge in [0.2, 0.25) is 0 Å². The van der Waals surface area contributed by atoms with Crippen molar-refractivity contribution in [2.45, 2.75) is 66.5 Å². The molecule has 1 radical (unpaired) electrons. The molecular weight excluding hydrogens is 440 g/mol. The quantitative estimate of drug-likeness (QED) is 0.257. The summed E-state index contributed by atoms with van der Waals surface area (Å²) in [7, 11) is -1.81. The Hall–Kier alpha value is -0.626. The second-order valence-corrected chi connectivity index (χ2v) is 11.4. The van der Waals surface area contributed by atoms with Gasteiger partial charge in [-0.05, 0) is 66.6 Å². The lowest BCUT2D eigenvalue weighted by molar-refractivity contribution is 0.0708. The fourth-order valence-corrected chi connectivity index (χ4v) is 7.44. The molecule has 0 heterocycles. The number of hydrogen-bond donors (Lipinski definition) is 2. The lowest BCUT2D eigenvalue weighted by Gasteiger charge is -2.28. The highest BCUT2D eigenvalue weighted by Crippen LogP contribution is 2.17. The normalized spacial score (nSPS) is 12.5. The second-order valence-electron chi connectivity index (χ2n) is 6.94. The van der Waals surface area contributed by atoms with E-state index in [1.165, 1.54) is 0 Å². The summed E-state index contributed by atoms with van der Waals surface area (Å²) in [4.78, 5) is 0. The molecule has 0 aliphatic rings. The summed E-state index contributed by atoms with van der Waals surface area (Å²) < 4.78 is 28.6. The summed E-state index contributed by atoms with van der Waals surface area (Å²) in [6, 6.07) is 9.14. The zero-order chi connectivity index (χ0) is 24.2. The first-order valence-electron chi connectivity index (χ1n) is 12.0. The van der Waals surface area contributed by atoms with Crippen LogP contribution in [0.5, 0.6) is 0 Å². The fraction of sp³-hybridized carbons (Fsp3) is 0.739. The smallest absolute Gasteiger partial charge is 0.390 e. The van der Waals surface area contributed by atoms with Gasteiger partial charge in [-0.3, -0.25) is 0 Å². The molecule has 0 fully saturated rings. The number of nitrogens with one attached hydrogen (secondary N) is 1. The largest absolute Gasteiger partial charge is 0.500 e. The third-order valence-electron chi connectivity index (χ3n) is 4.57. The molecule has 32 heavy (non-hydrogen) atoms. The lowest BCUT2D eigenvalue weighted by atomic mass is 10.1. The highest BCUT2D eigenvalue weighted by Gasteiger charge is 2.39. The monoisotopic (exact) mass is 487 g/mol. The third-order valence-corrected chi connectivity index (χ3v) is 9.72. The van der Waals surface area contributed by atoms with Crippen LogP contribution in [-0.2, 0) is 22.1 Å². The van der Waals surface area contributed by atoms with Crippen molar-refractivity contribution < 1.29 is 22.1 Å². The molecule has 0 amide bonds. The Morgan fingerprint density at radius 2 is 1.41 bits per heavy atom. The Balaban J connectivity index is 0.000000607. The van der Waals surface area contributed by atoms with Crippen molar-refractivity contribution in [2.75, 3.05) is 46.6 Å². The van der Waals surface area contributed by atoms with Crippen molar-refractivity contribution >= 4 is 23.3 Å². The van der Waals surface area contributed by atoms with E-state index in [0.29, 0.717) is 33.0 Å². The molecule has 187 valence electrons. The Bertz CT molecular complexity index is 546. The second kappa shape index (κ2) is 19.8. The minimum atomic E-state index is -2.37. The maximum absolute atomic E-state index is 6.13. The third kappa shape index (κ3) is 12.0. The number of benzene rings is 1. The molecule has 0 aromatic heterocycles. The van der Waals surface area contributed by atoms with Crippen molar-refractivity contribution in [1.82, 2.24) is 5.32 Å². The van der Waals surface area contributed by atoms with Gasteiger partial charge < -0.3 is 33.2 Å². The van der Waals surface area contributed by atoms with Gasteiger partial charge in [-0.25, -0.2) is 0 Å². The maximum atomic E-state index is 6.13. The molecule has 0 spiro atoms. The van der Waals surface area contributed by atoms with Crippen LogP contribution >= 0.6 is 0 Å². The van der Waals surface area contributed by atoms with Crippen molar-refractivity contribution in [3.05, 3.63) is 29.8 Å². The van der Waals surface area contributed by atoms with Gasteiger partial charge in [-0.15, -0.1) is 0 Å². The SMILES string of the molecule is CCO[Si](CCCNC)(OCC)OCC.CCO[Si](OCC)c1ccccc1C(N)CC. The summed E-state index contributed by atoms with van der Waals surface area (Å²) in [5.74, 6) is 0. The van der Waals surface area contributed by atoms with Gasteiger partial charge in [0, 0.05) is 50.3 Å². The molecule has 1 aromatic carbocycles. The predicted molar refractivity (Wildman–Crippen MR) is 136 cm³/mol. The molecule has 0 aliphatic carbocycles. The average molecular weight is 488 g/mol. The molecule has 3 N–H and O–H groups in total. The molecule has 0 aliphatic heterocycles. The van der Waals surface area contributed by atoms with Crippen LogP contribution in [0.15, 0.2) is 24.3 Å². The first kappa shape index (κ1) is 31.4. The topological polar surface area (TPSA) is 84.2 Å². The summed E-state index contributed by atoms with van der Waals surface area (Å²) in [6.45, 7) is 16.3. The number of rotatable bonds is 17. The standard InChI is InChI=1S/C13H22NO2Si.C10H25NO3Si/c1-4-12(14)11-9-7-8-10-13(11)17(15-5-2)16-6-3;1-5-12-15(13-6-2,14-7-3)10-8-9-11-4/h7-10,12H,4-6,14H2,1-3H3;11H,5-10H2,1-4H3. The fourth-order valence-electron chi connectivity index (χ4n) is 3.17. The first-order valence-corrected chi connectivity index (χ1v) is 15.3. The van der Waals surface area contributed by atoms with Gasteiger partial charge >= 0.3 is 18.1 Å². The van der Waals surface area contributed by atoms with E-state index >= 15 is 0 Å². The molecule has 0 saturated carbocycles. The van der Waals surface area contributed by atoms with E-state index in [1.807, 2.05) is 53.8 Å². The molecule has 1 atom stereocenters. The Morgan fingerprint density at radius 3 is 1.84 bits per heavy atom. The van der Waals surface area contributed by atoms with Crippen LogP contribution in [0.3, 0.4) is 0 Å². The number of nitrogens with two attached hydrogens (primary N) is 1. The molecule has 1 aromatic rings. The van der Waals surface area contributed by atoms with Crippen molar-refractivity contribution in [1.29, 1.82) is 0 Å². The minimum Gasteiger partial charge on any atom is -0.390 e. The summed E-state index contributed by atoms with van der Waals surface area (Å²) in [6.07, 6.45) is 1.95. The highest BCUT2D eigenvalue weighted by atomic mass is 28.4. The maximum Gasteiger partial charge on any atom is 0.500 e. The zero-order valence-corrected chi connectivity index (χ0v) is 23.4. The van der Waals surface area contributed by atoms with Crippen molar-refractivity contribution in [3.8, 4) is 0 Å². The molecule has 1 unspecified atom stereocenters. The average Bonchev–Trinajstić information content (AvgIpc) is 2.79. The summed E-state index contributed by atoms with van der Waals surface area (Å²) in [5.41, 5.74) is 7.29. The van der Waals surface area contributed by atoms with Gasteiger partial charge in [0.15, 0.2) is 0 Å². The zero-order valence-electron chi connectivity index (χ0n) is 21.4. The van der Waals surface area contributed by atoms with Gasteiger partial charge in [-0.2, -0.15) is 0 Å². The van der Waals surface area contributed by atoms with E-state index in [0.717, 1.165) is 36.2 Å². The van der Waals surface area contributed by atoms with E-state index in [9.17, 15) is 0 Å². The van der Waals surface area contributed by atoms with E-state index in [2.05, 4.69) is 24.4 Å².